The van der Waals surface area contributed by atoms with E-state index >= 15 is 0 Å². The molecule has 0 unspecified atom stereocenters. The van der Waals surface area contributed by atoms with Crippen LogP contribution < -0.4 is 10.6 Å². The molecule has 3 aromatic rings. The van der Waals surface area contributed by atoms with Gasteiger partial charge in [0.05, 0.1) is 11.3 Å². The van der Waals surface area contributed by atoms with E-state index in [1.165, 1.54) is 5.56 Å². The molecule has 2 aromatic heterocycles. The Labute approximate surface area is 153 Å². The number of hydrogen-bond donors (Lipinski definition) is 2. The first-order chi connectivity index (χ1) is 12.5. The number of amides is 1. The lowest BCUT2D eigenvalue weighted by atomic mass is 10.0. The van der Waals surface area contributed by atoms with Crippen LogP contribution >= 0.6 is 0 Å². The highest BCUT2D eigenvalue weighted by Gasteiger charge is 2.11. The highest BCUT2D eigenvalue weighted by atomic mass is 16.1. The molecule has 0 aliphatic heterocycles. The Morgan fingerprint density at radius 2 is 1.77 bits per heavy atom. The molecule has 0 aliphatic carbocycles. The van der Waals surface area contributed by atoms with Gasteiger partial charge >= 0.3 is 0 Å². The summed E-state index contributed by atoms with van der Waals surface area (Å²) >= 11 is 0. The number of hydrogen-bond acceptors (Lipinski definition) is 4. The number of anilines is 2. The minimum Gasteiger partial charge on any atom is -0.380 e. The highest BCUT2D eigenvalue weighted by Crippen LogP contribution is 2.23. The number of aryl methyl sites for hydroxylation is 3. The van der Waals surface area contributed by atoms with Crippen LogP contribution in [0.5, 0.6) is 0 Å². The molecule has 0 aliphatic rings. The van der Waals surface area contributed by atoms with Crippen molar-refractivity contribution in [1.29, 1.82) is 0 Å². The Morgan fingerprint density at radius 1 is 1.00 bits per heavy atom. The number of aromatic nitrogens is 2. The van der Waals surface area contributed by atoms with Crippen LogP contribution in [-0.4, -0.2) is 15.9 Å². The van der Waals surface area contributed by atoms with E-state index in [-0.39, 0.29) is 5.91 Å². The Balaban J connectivity index is 1.72. The Bertz CT molecular complexity index is 899. The van der Waals surface area contributed by atoms with Gasteiger partial charge in [-0.3, -0.25) is 14.8 Å². The van der Waals surface area contributed by atoms with Crippen molar-refractivity contribution in [1.82, 2.24) is 9.97 Å². The Morgan fingerprint density at radius 3 is 2.46 bits per heavy atom. The number of pyridine rings is 2. The number of benzene rings is 1. The highest BCUT2D eigenvalue weighted by molar-refractivity contribution is 6.05. The van der Waals surface area contributed by atoms with Crippen molar-refractivity contribution in [2.24, 2.45) is 0 Å². The van der Waals surface area contributed by atoms with Gasteiger partial charge in [-0.15, -0.1) is 0 Å². The summed E-state index contributed by atoms with van der Waals surface area (Å²) < 4.78 is 0. The van der Waals surface area contributed by atoms with Gasteiger partial charge in [-0.1, -0.05) is 23.8 Å². The zero-order valence-electron chi connectivity index (χ0n) is 15.2. The fraction of sp³-hybridized carbons (Fsp3) is 0.190. The lowest BCUT2D eigenvalue weighted by molar-refractivity contribution is 0.102. The summed E-state index contributed by atoms with van der Waals surface area (Å²) in [6.45, 7) is 6.67. The third kappa shape index (κ3) is 4.25. The molecule has 5 heteroatoms. The van der Waals surface area contributed by atoms with Crippen molar-refractivity contribution in [3.63, 3.8) is 0 Å². The minimum atomic E-state index is -0.169. The Kier molecular flexibility index (Phi) is 5.27. The maximum atomic E-state index is 12.6. The SMILES string of the molecule is Cc1cc(C)c(NC(=O)c2cncc(NCc3cccnc3)c2)c(C)c1. The van der Waals surface area contributed by atoms with E-state index in [2.05, 4.69) is 32.7 Å². The fourth-order valence-electron chi connectivity index (χ4n) is 2.93. The van der Waals surface area contributed by atoms with E-state index in [0.717, 1.165) is 28.1 Å². The molecule has 0 saturated carbocycles. The molecule has 0 radical (unpaired) electrons. The van der Waals surface area contributed by atoms with E-state index in [0.29, 0.717) is 12.1 Å². The summed E-state index contributed by atoms with van der Waals surface area (Å²) in [5.74, 6) is -0.169. The second-order valence-electron chi connectivity index (χ2n) is 6.40. The average Bonchev–Trinajstić information content (AvgIpc) is 2.64. The van der Waals surface area contributed by atoms with Crippen molar-refractivity contribution >= 4 is 17.3 Å². The number of carbonyl (C=O) groups is 1. The van der Waals surface area contributed by atoms with E-state index in [1.54, 1.807) is 30.9 Å². The molecule has 0 fully saturated rings. The molecular formula is C21H22N4O. The van der Waals surface area contributed by atoms with Gasteiger partial charge in [0.15, 0.2) is 0 Å². The Hall–Kier alpha value is -3.21. The van der Waals surface area contributed by atoms with Crippen molar-refractivity contribution in [3.05, 3.63) is 82.9 Å². The van der Waals surface area contributed by atoms with Crippen LogP contribution in [0, 0.1) is 20.8 Å². The van der Waals surface area contributed by atoms with Crippen LogP contribution in [0.15, 0.2) is 55.1 Å². The van der Waals surface area contributed by atoms with Crippen molar-refractivity contribution < 1.29 is 4.79 Å². The first-order valence-electron chi connectivity index (χ1n) is 8.50. The van der Waals surface area contributed by atoms with Crippen LogP contribution in [0.2, 0.25) is 0 Å². The number of rotatable bonds is 5. The summed E-state index contributed by atoms with van der Waals surface area (Å²) in [7, 11) is 0. The summed E-state index contributed by atoms with van der Waals surface area (Å²) in [4.78, 5) is 20.9. The van der Waals surface area contributed by atoms with Crippen molar-refractivity contribution in [2.75, 3.05) is 10.6 Å². The fourth-order valence-corrected chi connectivity index (χ4v) is 2.93. The maximum absolute atomic E-state index is 12.6. The lowest BCUT2D eigenvalue weighted by Crippen LogP contribution is -2.14. The van der Waals surface area contributed by atoms with Gasteiger partial charge in [0.25, 0.3) is 5.91 Å². The molecule has 3 rings (SSSR count). The zero-order valence-corrected chi connectivity index (χ0v) is 15.2. The molecule has 1 aromatic carbocycles. The molecule has 0 bridgehead atoms. The monoisotopic (exact) mass is 346 g/mol. The van der Waals surface area contributed by atoms with Crippen LogP contribution in [0.3, 0.4) is 0 Å². The van der Waals surface area contributed by atoms with Crippen LogP contribution in [0.1, 0.15) is 32.6 Å². The summed E-state index contributed by atoms with van der Waals surface area (Å²) in [6.07, 6.45) is 6.82. The van der Waals surface area contributed by atoms with Crippen molar-refractivity contribution in [2.45, 2.75) is 27.3 Å². The molecule has 0 atom stereocenters. The van der Waals surface area contributed by atoms with Gasteiger partial charge in [0.2, 0.25) is 0 Å². The molecule has 2 N–H and O–H groups in total. The predicted octanol–water partition coefficient (Wildman–Crippen LogP) is 4.27. The summed E-state index contributed by atoms with van der Waals surface area (Å²) in [5, 5.41) is 6.27. The molecule has 132 valence electrons. The topological polar surface area (TPSA) is 66.9 Å². The van der Waals surface area contributed by atoms with Gasteiger partial charge in [0.1, 0.15) is 0 Å². The summed E-state index contributed by atoms with van der Waals surface area (Å²) in [5.41, 5.74) is 6.51. The second-order valence-corrected chi connectivity index (χ2v) is 6.40. The van der Waals surface area contributed by atoms with Gasteiger partial charge in [-0.2, -0.15) is 0 Å². The largest absolute Gasteiger partial charge is 0.380 e. The standard InChI is InChI=1S/C21H22N4O/c1-14-7-15(2)20(16(3)8-14)25-21(26)18-9-19(13-23-12-18)24-11-17-5-4-6-22-10-17/h4-10,12-13,24H,11H2,1-3H3,(H,25,26). The molecule has 26 heavy (non-hydrogen) atoms. The first-order valence-corrected chi connectivity index (χ1v) is 8.50. The summed E-state index contributed by atoms with van der Waals surface area (Å²) in [6, 6.07) is 9.81. The number of carbonyl (C=O) groups excluding carboxylic acids is 1. The van der Waals surface area contributed by atoms with E-state index in [9.17, 15) is 4.79 Å². The predicted molar refractivity (Wildman–Crippen MR) is 104 cm³/mol. The van der Waals surface area contributed by atoms with E-state index in [4.69, 9.17) is 0 Å². The third-order valence-corrected chi connectivity index (χ3v) is 4.14. The lowest BCUT2D eigenvalue weighted by Gasteiger charge is -2.13. The van der Waals surface area contributed by atoms with Crippen LogP contribution in [0.25, 0.3) is 0 Å². The molecule has 0 spiro atoms. The van der Waals surface area contributed by atoms with Crippen LogP contribution in [0.4, 0.5) is 11.4 Å². The van der Waals surface area contributed by atoms with Crippen molar-refractivity contribution in [3.8, 4) is 0 Å². The van der Waals surface area contributed by atoms with Crippen LogP contribution in [-0.2, 0) is 6.54 Å². The molecular weight excluding hydrogens is 324 g/mol. The minimum absolute atomic E-state index is 0.169. The third-order valence-electron chi connectivity index (χ3n) is 4.14. The molecule has 0 saturated heterocycles. The van der Waals surface area contributed by atoms with Gasteiger partial charge in [-0.25, -0.2) is 0 Å². The second kappa shape index (κ2) is 7.78. The molecule has 1 amide bonds. The quantitative estimate of drug-likeness (QED) is 0.724. The average molecular weight is 346 g/mol. The van der Waals surface area contributed by atoms with E-state index < -0.39 is 0 Å². The smallest absolute Gasteiger partial charge is 0.257 e. The van der Waals surface area contributed by atoms with E-state index in [1.807, 2.05) is 32.9 Å². The van der Waals surface area contributed by atoms with Gasteiger partial charge < -0.3 is 10.6 Å². The number of nitrogens with zero attached hydrogens (tertiary/aromatic N) is 2. The van der Waals surface area contributed by atoms with Gasteiger partial charge in [-0.05, 0) is 49.6 Å². The molecule has 2 heterocycles. The normalized spacial score (nSPS) is 10.4. The first kappa shape index (κ1) is 17.6. The molecule has 5 nitrogen and oxygen atoms in total. The zero-order chi connectivity index (χ0) is 18.5. The number of nitrogens with one attached hydrogen (secondary N) is 2. The van der Waals surface area contributed by atoms with Gasteiger partial charge in [0, 0.05) is 37.0 Å². The maximum Gasteiger partial charge on any atom is 0.257 e.